The van der Waals surface area contributed by atoms with Gasteiger partial charge in [0.1, 0.15) is 31.5 Å². The average Bonchev–Trinajstić information content (AvgIpc) is 0.896. The number of nitrogens with one attached hydrogen (secondary N) is 4. The van der Waals surface area contributed by atoms with Gasteiger partial charge in [-0.1, -0.05) is 127 Å². The number of hydrogen-bond acceptors (Lipinski definition) is 32. The van der Waals surface area contributed by atoms with Gasteiger partial charge in [-0.2, -0.15) is 0 Å². The second kappa shape index (κ2) is 103. The van der Waals surface area contributed by atoms with E-state index >= 15 is 0 Å². The van der Waals surface area contributed by atoms with Crippen LogP contribution in [0.4, 0.5) is 19.2 Å². The van der Waals surface area contributed by atoms with Crippen molar-refractivity contribution in [3.63, 3.8) is 0 Å². The van der Waals surface area contributed by atoms with Crippen LogP contribution in [-0.4, -0.2) is 338 Å². The van der Waals surface area contributed by atoms with Gasteiger partial charge in [-0.25, -0.2) is 19.2 Å². The van der Waals surface area contributed by atoms with Crippen molar-refractivity contribution in [2.75, 3.05) is 171 Å². The van der Waals surface area contributed by atoms with Crippen LogP contribution in [0.1, 0.15) is 135 Å². The van der Waals surface area contributed by atoms with Gasteiger partial charge in [0.05, 0.1) is 85.7 Å². The van der Waals surface area contributed by atoms with Gasteiger partial charge in [0.2, 0.25) is 0 Å². The number of hydrogen-bond donors (Lipinski definition) is 15. The Morgan fingerprint density at radius 2 is 0.829 bits per heavy atom. The van der Waals surface area contributed by atoms with E-state index in [2.05, 4.69) is 155 Å². The average molecular weight is 2230 g/mol. The molecule has 0 saturated heterocycles. The number of aliphatic hydroxyl groups is 3. The van der Waals surface area contributed by atoms with Crippen molar-refractivity contribution < 1.29 is 149 Å². The molecule has 0 radical (unpaired) electrons. The fraction of sp³-hybridized carbons (Fsp3) is 0.530. The van der Waals surface area contributed by atoms with Crippen molar-refractivity contribution in [3.05, 3.63) is 144 Å². The quantitative estimate of drug-likeness (QED) is 0.00226. The summed E-state index contributed by atoms with van der Waals surface area (Å²) in [7, 11) is -1.99. The maximum absolute atomic E-state index is 12.9. The first kappa shape index (κ1) is 141. The van der Waals surface area contributed by atoms with E-state index in [9.17, 15) is 53.9 Å². The zero-order chi connectivity index (χ0) is 107. The number of halogens is 4. The molecule has 146 heavy (non-hydrogen) atoms. The summed E-state index contributed by atoms with van der Waals surface area (Å²) in [5.41, 5.74) is 12.8. The number of amides is 2. The molecule has 0 fully saturated rings. The van der Waals surface area contributed by atoms with E-state index in [0.717, 1.165) is 126 Å². The summed E-state index contributed by atoms with van der Waals surface area (Å²) in [6.07, 6.45) is 7.12. The zero-order valence-electron chi connectivity index (χ0n) is 85.3. The molecular formula is C100H180B6Cl3IN12O24+2. The van der Waals surface area contributed by atoms with Gasteiger partial charge < -0.3 is 125 Å². The number of quaternary nitrogens is 2. The standard InChI is InChI=1S/C34H36N4O6.C18H19ClO4.C17H41B3N4O7.C17H20O3.C13H31B3N4O3.CCl2O.HI.15H2/c1-3-4-5-6-7-8-9-10-11-12-13-14-15-16-17-22-33(40)43-30-32(29-42-31(2)39)44-34(41)38(28-21-24-36)27-19-18-25-37-26-20-23-35;19-18(20)23-17(13-21-11-15-7-3-1-4-8-15)14-22-12-16-9-5-2-6-10-16;1-18(28)21-8-6-11-23(17(27)31-16(14-25)15-26)10-4-5-12-24(20(3)30)13-7-9-22-19(2)29;18-17(13-19-11-15-7-3-1-4-8-15)14-20-12-16-9-5-2-6-10-16;1-15(22)19-10-5-8-17-7-3-4-11-20(16(2)23)12-6-9-18-13-14-21;2-1(3)4;;;;;;;;;;;;;;;;/h32,37H,18-21,23-30,35-36H2,1-2H3;1-10,17H,11-14H2;16,21-22,25-26,28-30H,4-15H2,1-3H3;1-10,17-18H,11-14H2;13,17,19,22-23H,3-12H2,1-2H3;;16*1H/p+2. The Labute approximate surface area is 921 Å². The molecule has 0 aliphatic rings. The largest absolute Gasteiger partial charge is 0.462 e. The fourth-order valence-corrected chi connectivity index (χ4v) is 11.9. The van der Waals surface area contributed by atoms with Crippen LogP contribution in [0.3, 0.4) is 0 Å². The number of ether oxygens (including phenoxy) is 9. The van der Waals surface area contributed by atoms with Crippen molar-refractivity contribution in [2.45, 2.75) is 176 Å². The molecule has 0 aromatic heterocycles. The molecule has 0 bridgehead atoms. The Hall–Kier alpha value is -9.40. The van der Waals surface area contributed by atoms with E-state index in [-0.39, 0.29) is 85.0 Å². The molecule has 0 aliphatic heterocycles. The summed E-state index contributed by atoms with van der Waals surface area (Å²) in [6.45, 7) is 25.3. The molecule has 2 amide bonds. The molecule has 828 valence electrons. The minimum Gasteiger partial charge on any atom is -0.462 e. The summed E-state index contributed by atoms with van der Waals surface area (Å²) < 4.78 is 57.0. The maximum atomic E-state index is 12.9. The van der Waals surface area contributed by atoms with Crippen LogP contribution in [0.25, 0.3) is 0 Å². The predicted octanol–water partition coefficient (Wildman–Crippen LogP) is 8.59. The smallest absolute Gasteiger partial charge is 0.410 e. The number of aliphatic imine (C=N–C) groups is 1. The third kappa shape index (κ3) is 95.5. The molecular weight excluding hydrogens is 2050 g/mol. The van der Waals surface area contributed by atoms with Gasteiger partial charge >= 0.3 is 166 Å². The second-order valence-corrected chi connectivity index (χ2v) is 32.8. The van der Waals surface area contributed by atoms with E-state index in [1.807, 2.05) is 131 Å². The zero-order valence-corrected chi connectivity index (χ0v) is 89.9. The summed E-state index contributed by atoms with van der Waals surface area (Å²) in [6, 6.07) is 39.3. The number of nitrogens with two attached hydrogens (primary N) is 2. The first-order valence-electron chi connectivity index (χ1n) is 48.3. The minimum absolute atomic E-state index is 0. The van der Waals surface area contributed by atoms with E-state index in [1.165, 1.54) is 17.9 Å². The molecule has 4 aromatic carbocycles. The van der Waals surface area contributed by atoms with Crippen molar-refractivity contribution in [3.8, 4) is 94.7 Å². The molecule has 36 nitrogen and oxygen atoms in total. The monoisotopic (exact) mass is 2230 g/mol. The molecule has 0 aliphatic carbocycles. The molecule has 19 N–H and O–H groups in total. The van der Waals surface area contributed by atoms with E-state index in [0.29, 0.717) is 125 Å². The molecule has 0 heterocycles. The van der Waals surface area contributed by atoms with Crippen LogP contribution in [0, 0.1) is 94.7 Å². The van der Waals surface area contributed by atoms with Gasteiger partial charge in [-0.3, -0.25) is 9.59 Å². The van der Waals surface area contributed by atoms with Gasteiger partial charge in [0, 0.05) is 84.9 Å². The number of carbonyl (C=O) groups excluding carboxylic acids is 6. The summed E-state index contributed by atoms with van der Waals surface area (Å²) in [5.74, 6) is 37.8. The van der Waals surface area contributed by atoms with E-state index in [4.69, 9.17) is 80.0 Å². The van der Waals surface area contributed by atoms with Crippen LogP contribution in [0.15, 0.2) is 126 Å². The fourth-order valence-electron chi connectivity index (χ4n) is 11.8. The van der Waals surface area contributed by atoms with Crippen LogP contribution < -0.4 is 37.8 Å². The number of nitrogens with zero attached hydrogens (tertiary/aromatic N) is 5. The SMILES string of the molecule is CB(O)NCCCN(CCCCN(CCCNB(C)O)C(=O)OC(CO)CO)B(C)O.CB(O)NCCCNCCCCN(CCCN=CB=O)B(C)O.CC#CC#CC#CC#CC#CC#CC#CC#CC(=O)OCC(COC(C)=O)OC(=O)N(CCC[NH3+])CCCC[NH2+]CCCN.I.O=C(Cl)Cl.O=C(Cl)OC(COCc1ccccc1)COCc1ccccc1.OC(COCc1ccccc1)COCc1ccccc1.[HH].[HH].[HH].[HH].[HH].[HH].[HH].[HH].[HH].[HH].[HH].[HH].[HH].[HH].[HH]. The van der Waals surface area contributed by atoms with Crippen molar-refractivity contribution in [1.29, 1.82) is 0 Å². The Bertz CT molecular complexity index is 4580. The van der Waals surface area contributed by atoms with Crippen LogP contribution >= 0.6 is 58.8 Å². The number of unbranched alkanes of at least 4 members (excludes halogenated alkanes) is 3. The van der Waals surface area contributed by atoms with Crippen molar-refractivity contribution >= 4 is 142 Å². The van der Waals surface area contributed by atoms with Crippen molar-refractivity contribution in [2.24, 2.45) is 10.7 Å². The van der Waals surface area contributed by atoms with E-state index in [1.54, 1.807) is 45.9 Å². The number of esters is 2. The first-order chi connectivity index (χ1) is 70.0. The van der Waals surface area contributed by atoms with Crippen molar-refractivity contribution in [1.82, 2.24) is 40.4 Å². The summed E-state index contributed by atoms with van der Waals surface area (Å²) >= 11 is 14.1. The number of carbonyl (C=O) groups is 6. The normalized spacial score (nSPS) is 10.1. The molecule has 46 heteroatoms. The van der Waals surface area contributed by atoms with Crippen LogP contribution in [0.2, 0.25) is 34.1 Å². The van der Waals surface area contributed by atoms with Gasteiger partial charge in [0.15, 0.2) is 6.10 Å². The third-order valence-corrected chi connectivity index (χ3v) is 19.0. The van der Waals surface area contributed by atoms with Gasteiger partial charge in [-0.05, 0) is 247 Å². The van der Waals surface area contributed by atoms with Gasteiger partial charge in [0.25, 0.3) is 0 Å². The minimum atomic E-state index is -1.02. The second-order valence-electron chi connectivity index (χ2n) is 31.7. The Morgan fingerprint density at radius 3 is 1.24 bits per heavy atom. The summed E-state index contributed by atoms with van der Waals surface area (Å²) in [5, 5.41) is 89.6. The predicted molar refractivity (Wildman–Crippen MR) is 617 cm³/mol. The molecule has 4 aromatic rings. The molecule has 1 unspecified atom stereocenters. The van der Waals surface area contributed by atoms with Gasteiger partial charge in [-0.15, -0.1) is 24.0 Å². The molecule has 4 rings (SSSR count). The molecule has 0 spiro atoms. The maximum Gasteiger partial charge on any atom is 0.410 e. The third-order valence-electron chi connectivity index (χ3n) is 18.9. The summed E-state index contributed by atoms with van der Waals surface area (Å²) in [4.78, 5) is 79.5. The number of rotatable bonds is 68. The molecule has 1 atom stereocenters. The van der Waals surface area contributed by atoms with E-state index < -0.39 is 107 Å². The molecule has 0 saturated carbocycles. The Balaban J connectivity index is -0.0000000983. The number of benzene rings is 4. The first-order valence-corrected chi connectivity index (χ1v) is 49.4. The van der Waals surface area contributed by atoms with Crippen LogP contribution in [-0.2, 0) is 83.4 Å². The Morgan fingerprint density at radius 1 is 0.473 bits per heavy atom. The number of aliphatic hydroxyl groups excluding tert-OH is 3. The van der Waals surface area contributed by atoms with Crippen LogP contribution in [0.5, 0.6) is 0 Å². The topological polar surface area (TPSA) is 508 Å². The Kier molecular flexibility index (Phi) is 99.1.